The van der Waals surface area contributed by atoms with Crippen LogP contribution in [0.5, 0.6) is 0 Å². The van der Waals surface area contributed by atoms with Crippen LogP contribution in [0.25, 0.3) is 0 Å². The molecule has 1 aliphatic rings. The third-order valence-electron chi connectivity index (χ3n) is 3.06. The fraction of sp³-hybridized carbons (Fsp3) is 0.308. The van der Waals surface area contributed by atoms with Crippen LogP contribution < -0.4 is 10.0 Å². The number of nitrogens with zero attached hydrogens (tertiary/aromatic N) is 2. The van der Waals surface area contributed by atoms with E-state index in [1.165, 1.54) is 0 Å². The number of anilines is 2. The Kier molecular flexibility index (Phi) is 3.23. The first-order chi connectivity index (χ1) is 9.53. The Morgan fingerprint density at radius 1 is 1.20 bits per heavy atom. The number of rotatable bonds is 5. The summed E-state index contributed by atoms with van der Waals surface area (Å²) in [6.07, 6.45) is 5.42. The lowest BCUT2D eigenvalue weighted by molar-refractivity contribution is 0.581. The Balaban J connectivity index is 1.73. The van der Waals surface area contributed by atoms with Gasteiger partial charge in [-0.3, -0.25) is 4.68 Å². The van der Waals surface area contributed by atoms with E-state index in [4.69, 9.17) is 0 Å². The van der Waals surface area contributed by atoms with Crippen molar-refractivity contribution in [3.63, 3.8) is 0 Å². The van der Waals surface area contributed by atoms with Gasteiger partial charge in [-0.25, -0.2) is 13.1 Å². The standard InChI is InChI=1S/C13H16N4O2S/c1-17-9-12(8-14-17)15-10-4-6-13(7-5-10)20(18,19)16-11-2-3-11/h4-9,11,15-16H,2-3H2,1H3. The Labute approximate surface area is 117 Å². The molecule has 0 spiro atoms. The second-order valence-corrected chi connectivity index (χ2v) is 6.66. The maximum Gasteiger partial charge on any atom is 0.240 e. The number of hydrogen-bond donors (Lipinski definition) is 2. The second-order valence-electron chi connectivity index (χ2n) is 4.95. The molecule has 2 aromatic rings. The van der Waals surface area contributed by atoms with Crippen molar-refractivity contribution in [3.8, 4) is 0 Å². The van der Waals surface area contributed by atoms with Crippen molar-refractivity contribution in [2.75, 3.05) is 5.32 Å². The van der Waals surface area contributed by atoms with E-state index in [9.17, 15) is 8.42 Å². The molecule has 0 aliphatic heterocycles. The summed E-state index contributed by atoms with van der Waals surface area (Å²) in [5.74, 6) is 0. The van der Waals surface area contributed by atoms with E-state index in [0.717, 1.165) is 24.2 Å². The first-order valence-electron chi connectivity index (χ1n) is 6.41. The lowest BCUT2D eigenvalue weighted by atomic mass is 10.3. The van der Waals surface area contributed by atoms with E-state index in [2.05, 4.69) is 15.1 Å². The van der Waals surface area contributed by atoms with Gasteiger partial charge in [-0.1, -0.05) is 0 Å². The van der Waals surface area contributed by atoms with Gasteiger partial charge in [0.15, 0.2) is 0 Å². The summed E-state index contributed by atoms with van der Waals surface area (Å²) in [5.41, 5.74) is 1.68. The minimum Gasteiger partial charge on any atom is -0.353 e. The highest BCUT2D eigenvalue weighted by Gasteiger charge is 2.27. The summed E-state index contributed by atoms with van der Waals surface area (Å²) in [6, 6.07) is 6.81. The average Bonchev–Trinajstić information content (AvgIpc) is 3.11. The van der Waals surface area contributed by atoms with Gasteiger partial charge in [0.05, 0.1) is 16.8 Å². The van der Waals surface area contributed by atoms with Crippen molar-refractivity contribution in [1.82, 2.24) is 14.5 Å². The second kappa shape index (κ2) is 4.92. The first-order valence-corrected chi connectivity index (χ1v) is 7.89. The third kappa shape index (κ3) is 3.00. The van der Waals surface area contributed by atoms with Crippen molar-refractivity contribution < 1.29 is 8.42 Å². The third-order valence-corrected chi connectivity index (χ3v) is 4.59. The normalized spacial score (nSPS) is 15.2. The molecule has 6 nitrogen and oxygen atoms in total. The van der Waals surface area contributed by atoms with E-state index >= 15 is 0 Å². The highest BCUT2D eigenvalue weighted by molar-refractivity contribution is 7.89. The molecule has 1 heterocycles. The van der Waals surface area contributed by atoms with E-state index in [-0.39, 0.29) is 6.04 Å². The zero-order valence-electron chi connectivity index (χ0n) is 11.1. The molecule has 1 saturated carbocycles. The van der Waals surface area contributed by atoms with Crippen LogP contribution in [0.15, 0.2) is 41.6 Å². The zero-order valence-corrected chi connectivity index (χ0v) is 11.9. The van der Waals surface area contributed by atoms with Gasteiger partial charge in [0.25, 0.3) is 0 Å². The van der Waals surface area contributed by atoms with Gasteiger partial charge >= 0.3 is 0 Å². The topological polar surface area (TPSA) is 76.0 Å². The molecular weight excluding hydrogens is 276 g/mol. The predicted molar refractivity (Wildman–Crippen MR) is 76.3 cm³/mol. The van der Waals surface area contributed by atoms with Gasteiger partial charge < -0.3 is 5.32 Å². The number of nitrogens with one attached hydrogen (secondary N) is 2. The van der Waals surface area contributed by atoms with Gasteiger partial charge in [0.1, 0.15) is 0 Å². The van der Waals surface area contributed by atoms with Crippen LogP contribution in [0.1, 0.15) is 12.8 Å². The molecule has 106 valence electrons. The van der Waals surface area contributed by atoms with E-state index in [1.807, 2.05) is 13.2 Å². The molecule has 0 radical (unpaired) electrons. The number of sulfonamides is 1. The van der Waals surface area contributed by atoms with E-state index in [0.29, 0.717) is 4.90 Å². The van der Waals surface area contributed by atoms with Crippen LogP contribution in [0.4, 0.5) is 11.4 Å². The SMILES string of the molecule is Cn1cc(Nc2ccc(S(=O)(=O)NC3CC3)cc2)cn1. The van der Waals surface area contributed by atoms with Crippen molar-refractivity contribution >= 4 is 21.4 Å². The average molecular weight is 292 g/mol. The molecule has 0 amide bonds. The van der Waals surface area contributed by atoms with Crippen LogP contribution >= 0.6 is 0 Å². The van der Waals surface area contributed by atoms with E-state index in [1.54, 1.807) is 35.1 Å². The molecule has 3 rings (SSSR count). The zero-order chi connectivity index (χ0) is 14.2. The van der Waals surface area contributed by atoms with Crippen LogP contribution in [-0.2, 0) is 17.1 Å². The summed E-state index contributed by atoms with van der Waals surface area (Å²) in [7, 11) is -1.54. The van der Waals surface area contributed by atoms with Crippen molar-refractivity contribution in [2.45, 2.75) is 23.8 Å². The Morgan fingerprint density at radius 2 is 1.90 bits per heavy atom. The number of hydrogen-bond acceptors (Lipinski definition) is 4. The van der Waals surface area contributed by atoms with Gasteiger partial charge in [-0.05, 0) is 37.1 Å². The Hall–Kier alpha value is -1.86. The molecule has 1 aromatic heterocycles. The summed E-state index contributed by atoms with van der Waals surface area (Å²) >= 11 is 0. The lowest BCUT2D eigenvalue weighted by Gasteiger charge is -2.07. The van der Waals surface area contributed by atoms with Crippen LogP contribution in [0.2, 0.25) is 0 Å². The molecule has 20 heavy (non-hydrogen) atoms. The molecule has 7 heteroatoms. The number of aryl methyl sites for hydroxylation is 1. The minimum absolute atomic E-state index is 0.119. The highest BCUT2D eigenvalue weighted by Crippen LogP contribution is 2.23. The van der Waals surface area contributed by atoms with E-state index < -0.39 is 10.0 Å². The molecule has 0 bridgehead atoms. The van der Waals surface area contributed by atoms with Gasteiger partial charge in [0.2, 0.25) is 10.0 Å². The number of benzene rings is 1. The maximum absolute atomic E-state index is 12.0. The lowest BCUT2D eigenvalue weighted by Crippen LogP contribution is -2.25. The fourth-order valence-corrected chi connectivity index (χ4v) is 3.16. The molecule has 2 N–H and O–H groups in total. The summed E-state index contributed by atoms with van der Waals surface area (Å²) in [5, 5.41) is 7.22. The Morgan fingerprint density at radius 3 is 2.45 bits per heavy atom. The molecule has 1 fully saturated rings. The van der Waals surface area contributed by atoms with Crippen molar-refractivity contribution in [1.29, 1.82) is 0 Å². The highest BCUT2D eigenvalue weighted by atomic mass is 32.2. The van der Waals surface area contributed by atoms with Crippen molar-refractivity contribution in [3.05, 3.63) is 36.7 Å². The summed E-state index contributed by atoms with van der Waals surface area (Å²) in [4.78, 5) is 0.293. The predicted octanol–water partition coefficient (Wildman–Crippen LogP) is 1.60. The van der Waals surface area contributed by atoms with Crippen LogP contribution in [0, 0.1) is 0 Å². The quantitative estimate of drug-likeness (QED) is 0.877. The first kappa shape index (κ1) is 13.1. The molecule has 1 aliphatic carbocycles. The fourth-order valence-electron chi connectivity index (χ4n) is 1.86. The maximum atomic E-state index is 12.0. The summed E-state index contributed by atoms with van der Waals surface area (Å²) < 4.78 is 28.4. The van der Waals surface area contributed by atoms with Crippen LogP contribution in [-0.4, -0.2) is 24.2 Å². The molecular formula is C13H16N4O2S. The molecule has 0 atom stereocenters. The summed E-state index contributed by atoms with van der Waals surface area (Å²) in [6.45, 7) is 0. The smallest absolute Gasteiger partial charge is 0.240 e. The Bertz CT molecular complexity index is 702. The largest absolute Gasteiger partial charge is 0.353 e. The van der Waals surface area contributed by atoms with Gasteiger partial charge in [-0.15, -0.1) is 0 Å². The van der Waals surface area contributed by atoms with Gasteiger partial charge in [-0.2, -0.15) is 5.10 Å². The van der Waals surface area contributed by atoms with Gasteiger partial charge in [0, 0.05) is 25.0 Å². The molecule has 0 saturated heterocycles. The number of aromatic nitrogens is 2. The minimum atomic E-state index is -3.38. The monoisotopic (exact) mass is 292 g/mol. The van der Waals surface area contributed by atoms with Crippen LogP contribution in [0.3, 0.4) is 0 Å². The molecule has 1 aromatic carbocycles. The van der Waals surface area contributed by atoms with Crippen molar-refractivity contribution in [2.24, 2.45) is 7.05 Å². The molecule has 0 unspecified atom stereocenters.